The van der Waals surface area contributed by atoms with Crippen LogP contribution in [0.5, 0.6) is 5.75 Å². The van der Waals surface area contributed by atoms with Gasteiger partial charge in [-0.3, -0.25) is 0 Å². The number of benzene rings is 1. The number of aryl methyl sites for hydroxylation is 2. The minimum atomic E-state index is 0.301. The maximum Gasteiger partial charge on any atom is 0.148 e. The van der Waals surface area contributed by atoms with Crippen molar-refractivity contribution < 1.29 is 4.74 Å². The fourth-order valence-electron chi connectivity index (χ4n) is 3.23. The Morgan fingerprint density at radius 2 is 2.12 bits per heavy atom. The van der Waals surface area contributed by atoms with E-state index in [1.54, 1.807) is 0 Å². The highest BCUT2D eigenvalue weighted by Gasteiger charge is 2.14. The number of aromatic nitrogens is 3. The molecule has 3 rings (SSSR count). The third kappa shape index (κ3) is 4.83. The van der Waals surface area contributed by atoms with E-state index >= 15 is 0 Å². The van der Waals surface area contributed by atoms with Gasteiger partial charge < -0.3 is 14.6 Å². The van der Waals surface area contributed by atoms with Gasteiger partial charge in [-0.15, -0.1) is 16.6 Å². The van der Waals surface area contributed by atoms with Crippen LogP contribution in [0.3, 0.4) is 0 Å². The minimum absolute atomic E-state index is 0.301. The molecular formula is C20H26N4O. The fourth-order valence-corrected chi connectivity index (χ4v) is 3.23. The largest absolute Gasteiger partial charge is 0.481 e. The molecule has 5 nitrogen and oxygen atoms in total. The lowest BCUT2D eigenvalue weighted by atomic mass is 10.2. The van der Waals surface area contributed by atoms with Gasteiger partial charge in [0, 0.05) is 31.5 Å². The van der Waals surface area contributed by atoms with Crippen molar-refractivity contribution in [1.29, 1.82) is 0 Å². The third-order valence-corrected chi connectivity index (χ3v) is 4.54. The zero-order valence-corrected chi connectivity index (χ0v) is 14.7. The van der Waals surface area contributed by atoms with E-state index in [-0.39, 0.29) is 0 Å². The van der Waals surface area contributed by atoms with Crippen LogP contribution in [0.1, 0.15) is 42.9 Å². The Labute approximate surface area is 149 Å². The molecule has 0 spiro atoms. The van der Waals surface area contributed by atoms with E-state index in [2.05, 4.69) is 32.1 Å². The first-order valence-electron chi connectivity index (χ1n) is 9.14. The van der Waals surface area contributed by atoms with Crippen LogP contribution in [-0.4, -0.2) is 27.9 Å². The molecule has 0 saturated heterocycles. The fraction of sp³-hybridized carbons (Fsp3) is 0.500. The van der Waals surface area contributed by atoms with Gasteiger partial charge in [-0.05, 0) is 31.9 Å². The molecule has 1 aromatic heterocycles. The van der Waals surface area contributed by atoms with E-state index in [9.17, 15) is 0 Å². The molecule has 0 radical (unpaired) electrons. The van der Waals surface area contributed by atoms with Crippen molar-refractivity contribution >= 4 is 0 Å². The number of hydrogen-bond donors (Lipinski definition) is 1. The Bertz CT molecular complexity index is 717. The van der Waals surface area contributed by atoms with E-state index in [4.69, 9.17) is 11.2 Å². The van der Waals surface area contributed by atoms with Crippen molar-refractivity contribution in [2.75, 3.05) is 13.2 Å². The van der Waals surface area contributed by atoms with Crippen LogP contribution in [0.2, 0.25) is 0 Å². The third-order valence-electron chi connectivity index (χ3n) is 4.54. The number of ether oxygens (including phenoxy) is 1. The maximum absolute atomic E-state index is 5.58. The second-order valence-electron chi connectivity index (χ2n) is 6.38. The molecule has 2 heterocycles. The summed E-state index contributed by atoms with van der Waals surface area (Å²) in [6, 6.07) is 8.01. The predicted molar refractivity (Wildman–Crippen MR) is 98.4 cm³/mol. The van der Waals surface area contributed by atoms with Gasteiger partial charge in [0.05, 0.1) is 0 Å². The zero-order chi connectivity index (χ0) is 17.3. The first kappa shape index (κ1) is 17.5. The molecule has 0 amide bonds. The summed E-state index contributed by atoms with van der Waals surface area (Å²) in [5, 5.41) is 12.2. The number of rotatable bonds is 8. The van der Waals surface area contributed by atoms with Gasteiger partial charge in [0.2, 0.25) is 0 Å². The van der Waals surface area contributed by atoms with Crippen LogP contribution in [0.4, 0.5) is 0 Å². The van der Waals surface area contributed by atoms with Crippen LogP contribution in [-0.2, 0) is 25.9 Å². The van der Waals surface area contributed by atoms with Crippen molar-refractivity contribution in [2.24, 2.45) is 0 Å². The van der Waals surface area contributed by atoms with E-state index in [1.807, 2.05) is 18.2 Å². The molecule has 5 heteroatoms. The normalized spacial score (nSPS) is 13.7. The number of para-hydroxylation sites is 1. The molecule has 132 valence electrons. The second kappa shape index (κ2) is 9.24. The molecule has 25 heavy (non-hydrogen) atoms. The van der Waals surface area contributed by atoms with Gasteiger partial charge in [0.15, 0.2) is 0 Å². The van der Waals surface area contributed by atoms with Crippen LogP contribution in [0.25, 0.3) is 0 Å². The Morgan fingerprint density at radius 3 is 3.04 bits per heavy atom. The van der Waals surface area contributed by atoms with Crippen molar-refractivity contribution in [3.8, 4) is 18.1 Å². The van der Waals surface area contributed by atoms with Gasteiger partial charge >= 0.3 is 0 Å². The second-order valence-corrected chi connectivity index (χ2v) is 6.38. The predicted octanol–water partition coefficient (Wildman–Crippen LogP) is 2.74. The first-order valence-corrected chi connectivity index (χ1v) is 9.14. The van der Waals surface area contributed by atoms with Crippen LogP contribution in [0.15, 0.2) is 24.3 Å². The van der Waals surface area contributed by atoms with Crippen molar-refractivity contribution in [3.05, 3.63) is 41.5 Å². The van der Waals surface area contributed by atoms with Crippen LogP contribution in [0, 0.1) is 12.3 Å². The summed E-state index contributed by atoms with van der Waals surface area (Å²) in [6.45, 7) is 3.09. The average Bonchev–Trinajstić information content (AvgIpc) is 2.87. The Kier molecular flexibility index (Phi) is 6.47. The average molecular weight is 338 g/mol. The summed E-state index contributed by atoms with van der Waals surface area (Å²) in [4.78, 5) is 0. The highest BCUT2D eigenvalue weighted by atomic mass is 16.5. The summed E-state index contributed by atoms with van der Waals surface area (Å²) in [5.41, 5.74) is 1.13. The van der Waals surface area contributed by atoms with Crippen molar-refractivity contribution in [1.82, 2.24) is 20.1 Å². The monoisotopic (exact) mass is 338 g/mol. The molecule has 1 N–H and O–H groups in total. The van der Waals surface area contributed by atoms with Gasteiger partial charge in [-0.25, -0.2) is 0 Å². The Morgan fingerprint density at radius 1 is 1.20 bits per heavy atom. The molecule has 1 aliphatic heterocycles. The molecular weight excluding hydrogens is 312 g/mol. The number of fused-ring (bicyclic) bond motifs is 1. The molecule has 2 aromatic rings. The van der Waals surface area contributed by atoms with Crippen molar-refractivity contribution in [3.63, 3.8) is 0 Å². The first-order chi connectivity index (χ1) is 12.4. The van der Waals surface area contributed by atoms with Crippen molar-refractivity contribution in [2.45, 2.75) is 51.6 Å². The summed E-state index contributed by atoms with van der Waals surface area (Å²) in [6.07, 6.45) is 12.1. The minimum Gasteiger partial charge on any atom is -0.481 e. The van der Waals surface area contributed by atoms with Gasteiger partial charge in [-0.1, -0.05) is 30.5 Å². The van der Waals surface area contributed by atoms with Gasteiger partial charge in [-0.2, -0.15) is 0 Å². The maximum atomic E-state index is 5.58. The molecule has 1 aromatic carbocycles. The van der Waals surface area contributed by atoms with E-state index in [0.717, 1.165) is 56.0 Å². The molecule has 0 aliphatic carbocycles. The van der Waals surface area contributed by atoms with Gasteiger partial charge in [0.25, 0.3) is 0 Å². The highest BCUT2D eigenvalue weighted by Crippen LogP contribution is 2.18. The Balaban J connectivity index is 1.44. The lowest BCUT2D eigenvalue weighted by Crippen LogP contribution is -2.17. The lowest BCUT2D eigenvalue weighted by Gasteiger charge is -2.11. The molecule has 1 aliphatic rings. The number of hydrogen-bond acceptors (Lipinski definition) is 4. The summed E-state index contributed by atoms with van der Waals surface area (Å²) >= 11 is 0. The topological polar surface area (TPSA) is 52.0 Å². The molecule has 0 unspecified atom stereocenters. The standard InChI is InChI=1S/C20H26N4O/c1-2-15-25-18-10-6-5-9-17(18)16-21-13-8-12-20-23-22-19-11-4-3-7-14-24(19)20/h1,5-6,9-10,21H,3-4,7-8,11-16H2. The number of nitrogens with zero attached hydrogens (tertiary/aromatic N) is 3. The van der Waals surface area contributed by atoms with Crippen LogP contribution >= 0.6 is 0 Å². The van der Waals surface area contributed by atoms with E-state index in [1.165, 1.54) is 25.1 Å². The zero-order valence-electron chi connectivity index (χ0n) is 14.7. The molecule has 0 saturated carbocycles. The SMILES string of the molecule is C#CCOc1ccccc1CNCCCc1nnc2n1CCCCC2. The molecule has 0 fully saturated rings. The summed E-state index contributed by atoms with van der Waals surface area (Å²) < 4.78 is 7.91. The smallest absolute Gasteiger partial charge is 0.148 e. The number of nitrogens with one attached hydrogen (secondary N) is 1. The quantitative estimate of drug-likeness (QED) is 0.594. The Hall–Kier alpha value is -2.32. The summed E-state index contributed by atoms with van der Waals surface area (Å²) in [7, 11) is 0. The molecule has 0 bridgehead atoms. The lowest BCUT2D eigenvalue weighted by molar-refractivity contribution is 0.364. The molecule has 0 atom stereocenters. The number of terminal acetylenes is 1. The highest BCUT2D eigenvalue weighted by molar-refractivity contribution is 5.33. The van der Waals surface area contributed by atoms with Gasteiger partial charge in [0.1, 0.15) is 24.0 Å². The van der Waals surface area contributed by atoms with Crippen LogP contribution < -0.4 is 10.1 Å². The van der Waals surface area contributed by atoms with E-state index in [0.29, 0.717) is 6.61 Å². The van der Waals surface area contributed by atoms with E-state index < -0.39 is 0 Å². The summed E-state index contributed by atoms with van der Waals surface area (Å²) in [5.74, 6) is 5.67.